The molecule has 1 amide bonds. The Morgan fingerprint density at radius 3 is 2.50 bits per heavy atom. The zero-order valence-electron chi connectivity index (χ0n) is 19.7. The maximum Gasteiger partial charge on any atom is 0.348 e. The maximum atomic E-state index is 12.8. The Hall–Kier alpha value is -3.57. The first kappa shape index (κ1) is 25.1. The van der Waals surface area contributed by atoms with Gasteiger partial charge in [0.05, 0.1) is 31.5 Å². The lowest BCUT2D eigenvalue weighted by molar-refractivity contribution is -0.117. The van der Waals surface area contributed by atoms with E-state index in [1.165, 1.54) is 13.4 Å². The van der Waals surface area contributed by atoms with E-state index in [-0.39, 0.29) is 40.5 Å². The normalized spacial score (nSPS) is 11.8. The zero-order valence-corrected chi connectivity index (χ0v) is 20.5. The second kappa shape index (κ2) is 11.0. The summed E-state index contributed by atoms with van der Waals surface area (Å²) in [5.41, 5.74) is 2.49. The van der Waals surface area contributed by atoms with E-state index in [2.05, 4.69) is 15.4 Å². The van der Waals surface area contributed by atoms with Crippen LogP contribution in [0.25, 0.3) is 5.69 Å². The van der Waals surface area contributed by atoms with Crippen molar-refractivity contribution >= 4 is 34.2 Å². The summed E-state index contributed by atoms with van der Waals surface area (Å²) >= 11 is 0.994. The Balaban J connectivity index is 1.72. The fourth-order valence-corrected chi connectivity index (χ4v) is 4.50. The van der Waals surface area contributed by atoms with E-state index < -0.39 is 11.9 Å². The van der Waals surface area contributed by atoms with Gasteiger partial charge in [-0.3, -0.25) is 9.69 Å². The number of esters is 2. The topological polar surface area (TPSA) is 116 Å². The molecule has 0 radical (unpaired) electrons. The van der Waals surface area contributed by atoms with Crippen molar-refractivity contribution in [2.24, 2.45) is 0 Å². The number of thiophene rings is 1. The third kappa shape index (κ3) is 5.49. The average Bonchev–Trinajstić information content (AvgIpc) is 3.46. The molecule has 0 unspecified atom stereocenters. The molecule has 0 spiro atoms. The molecule has 3 rings (SSSR count). The van der Waals surface area contributed by atoms with Gasteiger partial charge >= 0.3 is 11.9 Å². The van der Waals surface area contributed by atoms with Crippen LogP contribution in [0, 0.1) is 6.92 Å². The Labute approximate surface area is 201 Å². The fourth-order valence-electron chi connectivity index (χ4n) is 3.37. The number of benzene rings is 1. The predicted octanol–water partition coefficient (Wildman–Crippen LogP) is 3.23. The first-order chi connectivity index (χ1) is 16.3. The van der Waals surface area contributed by atoms with Gasteiger partial charge < -0.3 is 14.8 Å². The molecule has 1 atom stereocenters. The van der Waals surface area contributed by atoms with Crippen molar-refractivity contribution in [2.45, 2.75) is 26.8 Å². The molecule has 1 aromatic carbocycles. The molecule has 2 aromatic heterocycles. The summed E-state index contributed by atoms with van der Waals surface area (Å²) < 4.78 is 11.6. The van der Waals surface area contributed by atoms with E-state index in [4.69, 9.17) is 9.47 Å². The molecule has 2 heterocycles. The molecule has 34 heavy (non-hydrogen) atoms. The number of likely N-dealkylation sites (N-methyl/N-ethyl adjacent to an activating group) is 1. The van der Waals surface area contributed by atoms with Crippen molar-refractivity contribution in [3.8, 4) is 5.69 Å². The summed E-state index contributed by atoms with van der Waals surface area (Å²) in [6.45, 7) is 5.55. The number of methoxy groups -OCH3 is 1. The molecule has 0 saturated carbocycles. The number of rotatable bonds is 9. The highest BCUT2D eigenvalue weighted by molar-refractivity contribution is 7.18. The number of nitrogens with zero attached hydrogens (tertiary/aromatic N) is 4. The van der Waals surface area contributed by atoms with Crippen molar-refractivity contribution in [1.82, 2.24) is 19.7 Å². The molecule has 0 aliphatic rings. The van der Waals surface area contributed by atoms with Gasteiger partial charge in [-0.25, -0.2) is 19.3 Å². The minimum atomic E-state index is -0.601. The number of amides is 1. The predicted molar refractivity (Wildman–Crippen MR) is 127 cm³/mol. The molecule has 11 heteroatoms. The fraction of sp³-hybridized carbons (Fsp3) is 0.348. The van der Waals surface area contributed by atoms with Crippen LogP contribution in [0.15, 0.2) is 36.9 Å². The van der Waals surface area contributed by atoms with Crippen LogP contribution < -0.4 is 5.32 Å². The van der Waals surface area contributed by atoms with Crippen LogP contribution in [0.5, 0.6) is 0 Å². The molecule has 180 valence electrons. The van der Waals surface area contributed by atoms with Gasteiger partial charge in [-0.05, 0) is 51.1 Å². The quantitative estimate of drug-likeness (QED) is 0.459. The molecule has 0 saturated heterocycles. The molecule has 0 aliphatic carbocycles. The van der Waals surface area contributed by atoms with E-state index >= 15 is 0 Å². The number of hydrogen-bond acceptors (Lipinski definition) is 9. The standard InChI is InChI=1S/C23H27N5O5S/c1-6-33-22(30)19-14(2)20(23(31)32-5)34-21(19)26-18(29)11-27(4)15(3)16-7-9-17(10-8-16)28-13-24-12-25-28/h7-10,12-13,15H,6,11H2,1-5H3,(H,26,29)/t15-/m1/s1. The number of carbonyl (C=O) groups is 3. The first-order valence-electron chi connectivity index (χ1n) is 10.6. The van der Waals surface area contributed by atoms with Crippen molar-refractivity contribution in [2.75, 3.05) is 32.6 Å². The molecular weight excluding hydrogens is 458 g/mol. The third-order valence-corrected chi connectivity index (χ3v) is 6.55. The monoisotopic (exact) mass is 485 g/mol. The van der Waals surface area contributed by atoms with Gasteiger partial charge in [0.1, 0.15) is 22.5 Å². The van der Waals surface area contributed by atoms with Gasteiger partial charge in [-0.2, -0.15) is 5.10 Å². The number of nitrogens with one attached hydrogen (secondary N) is 1. The highest BCUT2D eigenvalue weighted by Crippen LogP contribution is 2.34. The van der Waals surface area contributed by atoms with Crippen LogP contribution in [0.1, 0.15) is 51.0 Å². The lowest BCUT2D eigenvalue weighted by atomic mass is 10.1. The third-order valence-electron chi connectivity index (χ3n) is 5.36. The lowest BCUT2D eigenvalue weighted by Gasteiger charge is -2.24. The number of carbonyl (C=O) groups excluding carboxylic acids is 3. The van der Waals surface area contributed by atoms with Gasteiger partial charge in [-0.15, -0.1) is 11.3 Å². The summed E-state index contributed by atoms with van der Waals surface area (Å²) in [4.78, 5) is 43.5. The van der Waals surface area contributed by atoms with Crippen LogP contribution in [0.2, 0.25) is 0 Å². The van der Waals surface area contributed by atoms with Gasteiger partial charge in [0, 0.05) is 6.04 Å². The van der Waals surface area contributed by atoms with Gasteiger partial charge in [0.25, 0.3) is 0 Å². The number of anilines is 1. The van der Waals surface area contributed by atoms with Crippen molar-refractivity contribution < 1.29 is 23.9 Å². The summed E-state index contributed by atoms with van der Waals surface area (Å²) in [5, 5.41) is 7.14. The van der Waals surface area contributed by atoms with Crippen LogP contribution in [-0.4, -0.2) is 64.8 Å². The summed E-state index contributed by atoms with van der Waals surface area (Å²) in [7, 11) is 3.10. The Morgan fingerprint density at radius 1 is 1.21 bits per heavy atom. The average molecular weight is 486 g/mol. The molecule has 0 aliphatic heterocycles. The van der Waals surface area contributed by atoms with Gasteiger partial charge in [-0.1, -0.05) is 12.1 Å². The Kier molecular flexibility index (Phi) is 8.13. The van der Waals surface area contributed by atoms with Crippen molar-refractivity contribution in [3.63, 3.8) is 0 Å². The lowest BCUT2D eigenvalue weighted by Crippen LogP contribution is -2.32. The Bertz CT molecular complexity index is 1160. The maximum absolute atomic E-state index is 12.8. The van der Waals surface area contributed by atoms with E-state index in [0.717, 1.165) is 22.6 Å². The minimum Gasteiger partial charge on any atom is -0.465 e. The molecule has 3 aromatic rings. The van der Waals surface area contributed by atoms with E-state index in [9.17, 15) is 14.4 Å². The second-order valence-corrected chi connectivity index (χ2v) is 8.56. The van der Waals surface area contributed by atoms with Crippen molar-refractivity contribution in [1.29, 1.82) is 0 Å². The van der Waals surface area contributed by atoms with Gasteiger partial charge in [0.2, 0.25) is 5.91 Å². The SMILES string of the molecule is CCOC(=O)c1c(NC(=O)CN(C)[C@H](C)c2ccc(-n3cncn3)cc2)sc(C(=O)OC)c1C. The molecule has 10 nitrogen and oxygen atoms in total. The number of ether oxygens (including phenoxy) is 2. The smallest absolute Gasteiger partial charge is 0.348 e. The summed E-state index contributed by atoms with van der Waals surface area (Å²) in [6, 6.07) is 7.75. The highest BCUT2D eigenvalue weighted by Gasteiger charge is 2.27. The van der Waals surface area contributed by atoms with Crippen LogP contribution >= 0.6 is 11.3 Å². The zero-order chi connectivity index (χ0) is 24.8. The number of aromatic nitrogens is 3. The Morgan fingerprint density at radius 2 is 1.91 bits per heavy atom. The second-order valence-electron chi connectivity index (χ2n) is 7.54. The van der Waals surface area contributed by atoms with Crippen LogP contribution in [0.4, 0.5) is 5.00 Å². The summed E-state index contributed by atoms with van der Waals surface area (Å²) in [5.74, 6) is -1.50. The van der Waals surface area contributed by atoms with Crippen LogP contribution in [-0.2, 0) is 14.3 Å². The first-order valence-corrected chi connectivity index (χ1v) is 11.4. The van der Waals surface area contributed by atoms with E-state index in [0.29, 0.717) is 5.56 Å². The van der Waals surface area contributed by atoms with Crippen LogP contribution in [0.3, 0.4) is 0 Å². The molecule has 1 N–H and O–H groups in total. The number of hydrogen-bond donors (Lipinski definition) is 1. The summed E-state index contributed by atoms with van der Waals surface area (Å²) in [6.07, 6.45) is 3.09. The van der Waals surface area contributed by atoms with E-state index in [1.54, 1.807) is 24.9 Å². The largest absolute Gasteiger partial charge is 0.465 e. The molecular formula is C23H27N5O5S. The van der Waals surface area contributed by atoms with Crippen molar-refractivity contribution in [3.05, 3.63) is 58.5 Å². The van der Waals surface area contributed by atoms with E-state index in [1.807, 2.05) is 43.1 Å². The highest BCUT2D eigenvalue weighted by atomic mass is 32.1. The molecule has 0 bridgehead atoms. The van der Waals surface area contributed by atoms with Gasteiger partial charge in [0.15, 0.2) is 0 Å². The molecule has 0 fully saturated rings. The minimum absolute atomic E-state index is 0.0595.